The van der Waals surface area contributed by atoms with E-state index < -0.39 is 129 Å². The lowest BCUT2D eigenvalue weighted by molar-refractivity contribution is -0.162. The summed E-state index contributed by atoms with van der Waals surface area (Å²) in [5, 5.41) is 90.7. The molecule has 77 heavy (non-hydrogen) atoms. The average molecular weight is 1110 g/mol. The Morgan fingerprint density at radius 2 is 1.68 bits per heavy atom. The lowest BCUT2D eigenvalue weighted by Gasteiger charge is -2.53. The van der Waals surface area contributed by atoms with Crippen LogP contribution >= 0.6 is 23.5 Å². The number of thioether (sulfide) groups is 2. The highest BCUT2D eigenvalue weighted by molar-refractivity contribution is 8.01. The molecule has 2 aromatic carbocycles. The topological polar surface area (TPSA) is 433 Å². The Balaban J connectivity index is 0.000000232. The number of aromatic nitrogens is 4. The predicted molar refractivity (Wildman–Crippen MR) is 266 cm³/mol. The molecule has 0 radical (unpaired) electrons. The predicted octanol–water partition coefficient (Wildman–Crippen LogP) is -2.28. The van der Waals surface area contributed by atoms with Gasteiger partial charge in [-0.3, -0.25) is 48.3 Å². The van der Waals surface area contributed by atoms with Crippen LogP contribution in [0.3, 0.4) is 0 Å². The first kappa shape index (κ1) is 56.8. The number of aliphatic hydroxyl groups is 4. The number of likely N-dealkylation sites (N-methyl/N-ethyl adjacent to an activating group) is 2. The SMILES string of the molecule is CCN1CCN(C(=O)N[C@@H](C(=O)N[C@@H]2C(=O)N3C(C(=O)O)=C(CSc4nnnn4C)CS[C@H]23)c2ccc(O)cc2)C(=O)C1=O.C[C@H]1c2cccc(O)c2C(=O)C2=C(O)[C@]3(O)C(=O)C(C(N)=O)=C(O)[C@@H](N(C)C)[C@@H]3[C@@H](O)[C@@H]21.O. The number of benzene rings is 2. The van der Waals surface area contributed by atoms with E-state index >= 15 is 0 Å². The maximum absolute atomic E-state index is 13.6. The molecule has 30 heteroatoms. The van der Waals surface area contributed by atoms with Gasteiger partial charge in [0.1, 0.15) is 51.7 Å². The number of phenols is 2. The molecule has 13 N–H and O–H groups in total. The Morgan fingerprint density at radius 3 is 2.27 bits per heavy atom. The van der Waals surface area contributed by atoms with Crippen molar-refractivity contribution in [1.82, 2.24) is 50.4 Å². The highest BCUT2D eigenvalue weighted by atomic mass is 32.2. The van der Waals surface area contributed by atoms with Crippen molar-refractivity contribution in [3.05, 3.63) is 93.1 Å². The normalized spacial score (nSPS) is 26.1. The summed E-state index contributed by atoms with van der Waals surface area (Å²) in [7, 11) is 4.62. The van der Waals surface area contributed by atoms with E-state index in [2.05, 4.69) is 26.2 Å². The molecule has 28 nitrogen and oxygen atoms in total. The Hall–Kier alpha value is -7.90. The number of aryl methyl sites for hydroxylation is 1. The van der Waals surface area contributed by atoms with Gasteiger partial charge in [0.05, 0.1) is 23.6 Å². The first-order valence-corrected chi connectivity index (χ1v) is 25.3. The molecule has 7 amide bonds. The monoisotopic (exact) mass is 1110 g/mol. The Kier molecular flexibility index (Phi) is 16.0. The molecule has 3 aliphatic carbocycles. The molecule has 0 saturated carbocycles. The molecule has 2 saturated heterocycles. The number of nitrogens with zero attached hydrogens (tertiary/aromatic N) is 8. The number of tetrazole rings is 1. The fourth-order valence-corrected chi connectivity index (χ4v) is 12.8. The van der Waals surface area contributed by atoms with Gasteiger partial charge in [-0.25, -0.2) is 14.3 Å². The maximum Gasteiger partial charge on any atom is 0.352 e. The lowest BCUT2D eigenvalue weighted by atomic mass is 9.55. The summed E-state index contributed by atoms with van der Waals surface area (Å²) in [6, 6.07) is 5.01. The number of piperazine rings is 1. The minimum atomic E-state index is -2.89. The number of carbonyl (C=O) groups excluding carboxylic acids is 8. The van der Waals surface area contributed by atoms with E-state index in [0.29, 0.717) is 27.7 Å². The number of rotatable bonds is 11. The van der Waals surface area contributed by atoms with Crippen LogP contribution in [0.4, 0.5) is 4.79 Å². The zero-order valence-electron chi connectivity index (χ0n) is 41.5. The van der Waals surface area contributed by atoms with Crippen LogP contribution in [0.1, 0.15) is 47.3 Å². The van der Waals surface area contributed by atoms with Crippen molar-refractivity contribution >= 4 is 76.6 Å². The summed E-state index contributed by atoms with van der Waals surface area (Å²) in [6.45, 7) is 3.72. The molecule has 6 aliphatic rings. The Bertz CT molecular complexity index is 3110. The summed E-state index contributed by atoms with van der Waals surface area (Å²) >= 11 is 2.49. The molecule has 2 fully saturated rings. The van der Waals surface area contributed by atoms with Crippen LogP contribution in [0.5, 0.6) is 11.5 Å². The molecule has 410 valence electrons. The minimum Gasteiger partial charge on any atom is -0.510 e. The first-order chi connectivity index (χ1) is 35.9. The van der Waals surface area contributed by atoms with E-state index in [9.17, 15) is 78.9 Å². The highest BCUT2D eigenvalue weighted by Gasteiger charge is 2.67. The molecule has 9 rings (SSSR count). The molecule has 9 atom stereocenters. The molecular weight excluding hydrogens is 1050 g/mol. The van der Waals surface area contributed by atoms with Crippen LogP contribution in [0.25, 0.3) is 0 Å². The second-order valence-electron chi connectivity index (χ2n) is 18.6. The Labute approximate surface area is 444 Å². The van der Waals surface area contributed by atoms with Gasteiger partial charge in [-0.05, 0) is 72.3 Å². The van der Waals surface area contributed by atoms with Crippen molar-refractivity contribution in [3.8, 4) is 11.5 Å². The van der Waals surface area contributed by atoms with Crippen LogP contribution < -0.4 is 16.4 Å². The van der Waals surface area contributed by atoms with Gasteiger partial charge in [0, 0.05) is 49.7 Å². The van der Waals surface area contributed by atoms with Gasteiger partial charge >= 0.3 is 23.8 Å². The summed E-state index contributed by atoms with van der Waals surface area (Å²) in [4.78, 5) is 120. The molecule has 4 heterocycles. The number of hydrogen-bond acceptors (Lipinski definition) is 21. The number of nitrogens with two attached hydrogens (primary N) is 1. The van der Waals surface area contributed by atoms with Gasteiger partial charge in [0.15, 0.2) is 11.4 Å². The number of β-lactam (4-membered cyclic amide) rings is 1. The number of Topliss-reactive ketones (excluding diaryl/α,β-unsaturated/α-hetero) is 2. The Morgan fingerprint density at radius 1 is 1.00 bits per heavy atom. The third kappa shape index (κ3) is 9.49. The number of imide groups is 1. The van der Waals surface area contributed by atoms with Crippen molar-refractivity contribution in [1.29, 1.82) is 0 Å². The number of fused-ring (bicyclic) bond motifs is 4. The number of carboxylic acids is 1. The quantitative estimate of drug-likeness (QED) is 0.0418. The number of phenolic OH excluding ortho intramolecular Hbond substituents is 2. The number of urea groups is 1. The summed E-state index contributed by atoms with van der Waals surface area (Å²) in [5.74, 6) is -13.1. The number of ketones is 2. The van der Waals surface area contributed by atoms with Gasteiger partial charge in [0.2, 0.25) is 16.8 Å². The van der Waals surface area contributed by atoms with E-state index in [1.807, 2.05) is 0 Å². The molecule has 3 aromatic rings. The van der Waals surface area contributed by atoms with Gasteiger partial charge in [0.25, 0.3) is 11.8 Å². The maximum atomic E-state index is 13.6. The molecule has 0 bridgehead atoms. The summed E-state index contributed by atoms with van der Waals surface area (Å²) in [6.07, 6.45) is -1.59. The lowest BCUT2D eigenvalue weighted by Crippen LogP contribution is -2.71. The highest BCUT2D eigenvalue weighted by Crippen LogP contribution is 2.55. The number of carbonyl (C=O) groups is 9. The second-order valence-corrected chi connectivity index (χ2v) is 20.7. The van der Waals surface area contributed by atoms with Gasteiger partial charge < -0.3 is 62.5 Å². The number of nitrogens with one attached hydrogen (secondary N) is 2. The van der Waals surface area contributed by atoms with Crippen LogP contribution in [-0.4, -0.2) is 209 Å². The first-order valence-electron chi connectivity index (χ1n) is 23.3. The molecular formula is C47H53N11O17S2. The zero-order valence-corrected chi connectivity index (χ0v) is 43.1. The van der Waals surface area contributed by atoms with Gasteiger partial charge in [-0.1, -0.05) is 43.0 Å². The largest absolute Gasteiger partial charge is 0.510 e. The van der Waals surface area contributed by atoms with E-state index in [1.165, 1.54) is 82.4 Å². The number of carboxylic acid groups (broad SMARTS) is 1. The molecule has 3 aliphatic heterocycles. The van der Waals surface area contributed by atoms with Crippen LogP contribution in [0, 0.1) is 11.8 Å². The minimum absolute atomic E-state index is 0. The van der Waals surface area contributed by atoms with Crippen molar-refractivity contribution in [2.75, 3.05) is 45.2 Å². The standard InChI is InChI=1S/C25H27N9O8S2.C22H24N2O8.H2O/c1-3-32-8-9-33(21(39)20(32)38)24(42)27-15(12-4-6-14(35)7-5-12)18(36)26-16-19(37)34-17(23(40)41)13(10-43-22(16)34)11-44-25-28-29-30-31(25)2;1-7-8-5-4-6-9(25)11(8)16(26)12-10(7)17(27)14-15(24(2)3)18(28)13(21(23)31)20(30)22(14,32)19(12)29;/h4-7,15-16,22,35H,3,8-11H2,1-2H3,(H,26,36)(H,27,42)(H,40,41);4-7,10,14-15,17,25,27-29,32H,1-3H3,(H2,23,31);1H2/t15-,16-,22-;7-,10+,14+,15-,17-,22-;/m10./s1. The van der Waals surface area contributed by atoms with Crippen LogP contribution in [0.2, 0.25) is 0 Å². The van der Waals surface area contributed by atoms with E-state index in [1.54, 1.807) is 33.0 Å². The van der Waals surface area contributed by atoms with Crippen LogP contribution in [-0.2, 0) is 40.6 Å². The number of amides is 7. The zero-order chi connectivity index (χ0) is 55.6. The van der Waals surface area contributed by atoms with Gasteiger partial charge in [-0.15, -0.1) is 16.9 Å². The number of aliphatic hydroxyl groups excluding tert-OH is 3. The van der Waals surface area contributed by atoms with Crippen molar-refractivity contribution in [2.45, 2.75) is 60.1 Å². The third-order valence-corrected chi connectivity index (χ3v) is 16.6. The summed E-state index contributed by atoms with van der Waals surface area (Å²) in [5.41, 5.74) is 1.90. The van der Waals surface area contributed by atoms with Crippen molar-refractivity contribution < 1.29 is 84.4 Å². The van der Waals surface area contributed by atoms with Crippen molar-refractivity contribution in [2.24, 2.45) is 24.6 Å². The number of aromatic hydroxyl groups is 2. The van der Waals surface area contributed by atoms with Crippen molar-refractivity contribution in [3.63, 3.8) is 0 Å². The fourth-order valence-electron chi connectivity index (χ4n) is 10.4. The third-order valence-electron chi connectivity index (χ3n) is 14.2. The van der Waals surface area contributed by atoms with Crippen LogP contribution in [0.15, 0.2) is 81.6 Å². The van der Waals surface area contributed by atoms with E-state index in [4.69, 9.17) is 5.73 Å². The van der Waals surface area contributed by atoms with Gasteiger partial charge in [-0.2, -0.15) is 0 Å². The molecule has 0 spiro atoms. The van der Waals surface area contributed by atoms with E-state index in [-0.39, 0.29) is 58.4 Å². The smallest absolute Gasteiger partial charge is 0.352 e. The van der Waals surface area contributed by atoms with E-state index in [0.717, 1.165) is 4.90 Å². The number of primary amides is 1. The molecule has 0 unspecified atom stereocenters. The number of aliphatic carboxylic acids is 1. The summed E-state index contributed by atoms with van der Waals surface area (Å²) < 4.78 is 1.44. The second kappa shape index (κ2) is 21.6. The number of hydrogen-bond donors (Lipinski definition) is 10. The molecule has 1 aromatic heterocycles. The average Bonchev–Trinajstić information content (AvgIpc) is 3.94. The fraction of sp³-hybridized carbons (Fsp3) is 0.404.